The van der Waals surface area contributed by atoms with Crippen LogP contribution in [0.1, 0.15) is 74.1 Å². The molecule has 10 heterocycles. The first-order valence-corrected chi connectivity index (χ1v) is 38.5. The van der Waals surface area contributed by atoms with Gasteiger partial charge in [-0.2, -0.15) is 0 Å². The monoisotopic (exact) mass is 1440 g/mol. The molecule has 14 rings (SSSR count). The van der Waals surface area contributed by atoms with E-state index in [0.717, 1.165) is 10.9 Å². The number of fused-ring (bicyclic) bond motifs is 4. The van der Waals surface area contributed by atoms with Gasteiger partial charge in [-0.15, -0.1) is 0 Å². The number of hydrogen-bond donors (Lipinski definition) is 6. The number of anilines is 2. The maximum atomic E-state index is 18.8. The second-order valence-corrected chi connectivity index (χ2v) is 34.8. The SMILES string of the molecule is COc1ccc(C(OC[C@H]2O[C@@H](n3cnc4c(=O)[nH]c(NC(=O)C(C)C)nc43)[C@H](P(O)(O)(O)C[C@]34CO[C@@H]([C@H](n5cnc6c(NC(=O)c7ccccc7)ncnc65)O3)[C@@H]4O[Si](C)(C)C(C)(C)C)[C@H]2F)(c2ccccc2)c2ccc(OC)cc2)cc1.c1ccncc1.c1ccncc1.c1ccncc1. The van der Waals surface area contributed by atoms with Gasteiger partial charge in [-0.05, 0) is 36.4 Å². The topological polar surface area (TPSA) is 329 Å². The Morgan fingerprint density at radius 1 is 0.689 bits per heavy atom. The average Bonchev–Trinajstić information content (AvgIpc) is 1.54. The van der Waals surface area contributed by atoms with Crippen LogP contribution in [0.15, 0.2) is 225 Å². The van der Waals surface area contributed by atoms with Gasteiger partial charge in [0.2, 0.25) is 0 Å². The molecule has 4 aromatic carbocycles. The number of aromatic amines is 1. The summed E-state index contributed by atoms with van der Waals surface area (Å²) in [5.74, 6) is -0.532. The van der Waals surface area contributed by atoms with Crippen molar-refractivity contribution in [2.24, 2.45) is 5.92 Å². The van der Waals surface area contributed by atoms with Gasteiger partial charge in [-0.3, -0.25) is 15.0 Å². The summed E-state index contributed by atoms with van der Waals surface area (Å²) in [7, 11) is -6.58. The zero-order valence-corrected chi connectivity index (χ0v) is 60.1. The number of carbonyl (C=O) groups excluding carboxylic acids is 2. The molecule has 103 heavy (non-hydrogen) atoms. The first-order valence-electron chi connectivity index (χ1n) is 33.2. The minimum atomic E-state index is -6.78. The standard InChI is InChI=1S/C59H68FN10O13PSi.3C5H5N/c1-34(2)51(71)67-56-66-50-44(53(73)68-56)64-33-70(50)55-46(42(60)41(81-55)28-80-59(36-18-14-11-15-19-36,37-20-24-39(77-6)25-21-37)38-22-26-40(78-7)27-23-38)84(74,75,76)30-58-29-79-45(47(58)83-85(8,9)57(3,4)5)54(82-58)69-32-63-43-48(61-31-62-49(43)69)65-52(72)35-16-12-10-13-17-35;3*1-2-4-6-5-3-1/h10-27,31-34,41-42,45-47,54-55,74-76H,28-30H2,1-9H3,(H,61,62,65,72)(H2,66,67,68,71,73);3*1-5H/t41-,42+,45-,46-,47+,54-,55-,58+;;;/m1.../s1. The molecule has 0 saturated carbocycles. The molecule has 7 aromatic heterocycles. The maximum Gasteiger partial charge on any atom is 0.0267 e. The molecule has 26 nitrogen and oxygen atoms in total. The summed E-state index contributed by atoms with van der Waals surface area (Å²) in [6.07, 6.45) is 3.83. The maximum absolute atomic E-state index is 18.8. The van der Waals surface area contributed by atoms with Crippen LogP contribution in [-0.2, 0) is 33.8 Å². The number of hydrogen-bond acceptors (Lipinski definition) is 21. The van der Waals surface area contributed by atoms with E-state index in [1.807, 2.05) is 143 Å². The summed E-state index contributed by atoms with van der Waals surface area (Å²) in [6.45, 7) is 12.4. The molecule has 3 fully saturated rings. The van der Waals surface area contributed by atoms with Crippen LogP contribution < -0.4 is 25.7 Å². The predicted molar refractivity (Wildman–Crippen MR) is 388 cm³/mol. The van der Waals surface area contributed by atoms with Crippen molar-refractivity contribution in [1.82, 2.24) is 54.0 Å². The number of carbonyl (C=O) groups is 2. The van der Waals surface area contributed by atoms with E-state index in [1.54, 1.807) is 124 Å². The smallest absolute Gasteiger partial charge is 0.0267 e. The number of H-pyrrole nitrogens is 1. The zero-order chi connectivity index (χ0) is 73.2. The summed E-state index contributed by atoms with van der Waals surface area (Å²) in [4.78, 5) is 116. The van der Waals surface area contributed by atoms with Crippen LogP contribution in [0.3, 0.4) is 0 Å². The molecule has 3 saturated heterocycles. The van der Waals surface area contributed by atoms with Crippen LogP contribution in [0, 0.1) is 5.92 Å². The number of methoxy groups -OCH3 is 2. The second-order valence-electron chi connectivity index (χ2n) is 26.7. The Morgan fingerprint density at radius 2 is 1.20 bits per heavy atom. The van der Waals surface area contributed by atoms with Gasteiger partial charge in [0, 0.05) is 37.2 Å². The van der Waals surface area contributed by atoms with Crippen molar-refractivity contribution >= 4 is 61.5 Å². The quantitative estimate of drug-likeness (QED) is 0.0249. The van der Waals surface area contributed by atoms with E-state index in [1.165, 1.54) is 12.7 Å². The second kappa shape index (κ2) is 31.3. The van der Waals surface area contributed by atoms with E-state index >= 15 is 4.39 Å². The van der Waals surface area contributed by atoms with Crippen molar-refractivity contribution in [2.75, 3.05) is 44.2 Å². The average molecular weight is 1440 g/mol. The number of rotatable bonds is 19. The van der Waals surface area contributed by atoms with Gasteiger partial charge in [-0.25, -0.2) is 0 Å². The minimum absolute atomic E-state index is 0.100. The van der Waals surface area contributed by atoms with Crippen molar-refractivity contribution in [3.63, 3.8) is 0 Å². The van der Waals surface area contributed by atoms with Crippen LogP contribution in [0.4, 0.5) is 16.2 Å². The molecule has 2 bridgehead atoms. The molecule has 0 aliphatic carbocycles. The zero-order valence-electron chi connectivity index (χ0n) is 58.2. The number of amides is 2. The Balaban J connectivity index is 0.000000514. The van der Waals surface area contributed by atoms with Gasteiger partial charge >= 0.3 is 473 Å². The minimum Gasteiger partial charge on any atom is -0.265 e. The van der Waals surface area contributed by atoms with E-state index < -0.39 is 111 Å². The molecular formula is C74H83FN13O13PSi. The number of nitrogens with zero attached hydrogens (tertiary/aromatic N) is 10. The van der Waals surface area contributed by atoms with E-state index in [4.69, 9.17) is 32.8 Å². The van der Waals surface area contributed by atoms with Crippen LogP contribution in [-0.4, -0.2) is 158 Å². The van der Waals surface area contributed by atoms with Crippen LogP contribution in [0.5, 0.6) is 11.5 Å². The van der Waals surface area contributed by atoms with E-state index in [-0.39, 0.29) is 40.7 Å². The molecule has 0 radical (unpaired) electrons. The molecule has 6 N–H and O–H groups in total. The molecule has 8 atom stereocenters. The summed E-state index contributed by atoms with van der Waals surface area (Å²) in [6, 6.07) is 49.3. The van der Waals surface area contributed by atoms with Gasteiger partial charge in [0.05, 0.1) is 0 Å². The van der Waals surface area contributed by atoms with E-state index in [9.17, 15) is 29.1 Å². The molecule has 538 valence electrons. The summed E-state index contributed by atoms with van der Waals surface area (Å²) < 4.78 is 67.1. The Hall–Kier alpha value is -9.97. The summed E-state index contributed by atoms with van der Waals surface area (Å²) in [5, 5.41) is 4.96. The summed E-state index contributed by atoms with van der Waals surface area (Å²) >= 11 is 0. The predicted octanol–water partition coefficient (Wildman–Crippen LogP) is 11.0. The van der Waals surface area contributed by atoms with Gasteiger partial charge in [-0.1, -0.05) is 36.4 Å². The first-order chi connectivity index (χ1) is 49.3. The number of alkyl halides is 1. The molecular weight excluding hydrogens is 1360 g/mol. The van der Waals surface area contributed by atoms with Crippen molar-refractivity contribution < 1.29 is 61.5 Å². The van der Waals surface area contributed by atoms with E-state index in [2.05, 4.69) is 55.5 Å². The molecule has 0 spiro atoms. The van der Waals surface area contributed by atoms with Crippen molar-refractivity contribution in [3.8, 4) is 11.5 Å². The Labute approximate surface area is 595 Å². The Morgan fingerprint density at radius 3 is 1.71 bits per heavy atom. The Bertz CT molecular complexity index is 4460. The normalized spacial score (nSPS) is 20.4. The van der Waals surface area contributed by atoms with Crippen molar-refractivity contribution in [2.45, 2.75) is 107 Å². The largest absolute Gasteiger partial charge is 0.265 e. The van der Waals surface area contributed by atoms with Crippen LogP contribution in [0.2, 0.25) is 18.1 Å². The molecule has 29 heteroatoms. The number of ether oxygens (including phenoxy) is 6. The third-order valence-electron chi connectivity index (χ3n) is 18.4. The number of nitrogens with one attached hydrogen (secondary N) is 3. The first kappa shape index (κ1) is 74.2. The number of pyridine rings is 3. The van der Waals surface area contributed by atoms with Crippen molar-refractivity contribution in [1.29, 1.82) is 0 Å². The molecule has 3 aliphatic heterocycles. The number of benzene rings is 4. The van der Waals surface area contributed by atoms with Crippen molar-refractivity contribution in [3.05, 3.63) is 253 Å². The number of imidazole rings is 2. The van der Waals surface area contributed by atoms with Crippen LogP contribution in [0.25, 0.3) is 22.3 Å². The van der Waals surface area contributed by atoms with Gasteiger partial charge in [0.25, 0.3) is 0 Å². The fourth-order valence-corrected chi connectivity index (χ4v) is 16.6. The molecule has 2 amide bonds. The summed E-state index contributed by atoms with van der Waals surface area (Å²) in [5.41, 5.74) is -4.46. The number of aromatic nitrogens is 11. The van der Waals surface area contributed by atoms with Gasteiger partial charge < -0.3 is 0 Å². The third kappa shape index (κ3) is 16.3. The third-order valence-corrected chi connectivity index (χ3v) is 25.7. The molecule has 3 aliphatic rings. The van der Waals surface area contributed by atoms with Crippen LogP contribution >= 0.6 is 7.28 Å². The molecule has 0 unspecified atom stereocenters. The van der Waals surface area contributed by atoms with Gasteiger partial charge in [0.1, 0.15) is 0 Å². The fraction of sp³-hybridized carbons (Fsp3) is 0.311. The van der Waals surface area contributed by atoms with E-state index in [0.29, 0.717) is 33.8 Å². The Kier molecular flexibility index (Phi) is 22.6. The fourth-order valence-electron chi connectivity index (χ4n) is 12.2. The number of halogens is 1. The van der Waals surface area contributed by atoms with Gasteiger partial charge in [0.15, 0.2) is 0 Å². The molecule has 11 aromatic rings.